The van der Waals surface area contributed by atoms with Crippen LogP contribution in [0.5, 0.6) is 0 Å². The highest BCUT2D eigenvalue weighted by Gasteiger charge is 2.13. The van der Waals surface area contributed by atoms with Crippen LogP contribution >= 0.6 is 0 Å². The summed E-state index contributed by atoms with van der Waals surface area (Å²) in [7, 11) is -3.37. The van der Waals surface area contributed by atoms with Crippen LogP contribution in [0.3, 0.4) is 0 Å². The van der Waals surface area contributed by atoms with Gasteiger partial charge in [-0.2, -0.15) is 5.10 Å². The zero-order chi connectivity index (χ0) is 14.2. The fourth-order valence-electron chi connectivity index (χ4n) is 1.60. The third-order valence-electron chi connectivity index (χ3n) is 2.69. The smallest absolute Gasteiger partial charge is 0.178 e. The number of aromatic nitrogens is 2. The highest BCUT2D eigenvalue weighted by atomic mass is 32.2. The first-order chi connectivity index (χ1) is 8.79. The number of nitrogens with zero attached hydrogens (tertiary/aromatic N) is 2. The number of sulfone groups is 1. The summed E-state index contributed by atoms with van der Waals surface area (Å²) in [6, 6.07) is 4.20. The van der Waals surface area contributed by atoms with Crippen molar-refractivity contribution in [3.8, 4) is 5.69 Å². The van der Waals surface area contributed by atoms with E-state index in [2.05, 4.69) is 5.10 Å². The molecule has 0 fully saturated rings. The fraction of sp³-hybridized carbons (Fsp3) is 0.250. The molecule has 0 aliphatic rings. The molecule has 0 amide bonds. The van der Waals surface area contributed by atoms with Gasteiger partial charge in [-0.1, -0.05) is 6.07 Å². The lowest BCUT2D eigenvalue weighted by Gasteiger charge is -2.08. The van der Waals surface area contributed by atoms with Gasteiger partial charge in [0, 0.05) is 12.5 Å². The Balaban J connectivity index is 2.45. The average Bonchev–Trinajstić information content (AvgIpc) is 2.77. The lowest BCUT2D eigenvalue weighted by molar-refractivity contribution is 0.199. The Morgan fingerprint density at radius 1 is 1.42 bits per heavy atom. The first-order valence-corrected chi connectivity index (χ1v) is 7.41. The fourth-order valence-corrected chi connectivity index (χ4v) is 2.13. The number of hydrogen-bond acceptors (Lipinski definition) is 4. The van der Waals surface area contributed by atoms with Crippen molar-refractivity contribution in [2.24, 2.45) is 0 Å². The summed E-state index contributed by atoms with van der Waals surface area (Å²) in [5.41, 5.74) is 0.566. The molecule has 1 aromatic heterocycles. The molecule has 0 aliphatic carbocycles. The highest BCUT2D eigenvalue weighted by Crippen LogP contribution is 2.20. The van der Waals surface area contributed by atoms with Crippen molar-refractivity contribution in [2.45, 2.75) is 17.9 Å². The SMILES string of the molecule is CC(O)c1ccc(-n2cc(S(C)(=O)=O)cn2)c(F)c1. The topological polar surface area (TPSA) is 72.2 Å². The Hall–Kier alpha value is -1.73. The van der Waals surface area contributed by atoms with Crippen LogP contribution in [0.1, 0.15) is 18.6 Å². The minimum atomic E-state index is -3.37. The van der Waals surface area contributed by atoms with Crippen molar-refractivity contribution < 1.29 is 17.9 Å². The summed E-state index contributed by atoms with van der Waals surface area (Å²) in [6.07, 6.45) is 2.70. The lowest BCUT2D eigenvalue weighted by atomic mass is 10.1. The molecule has 7 heteroatoms. The zero-order valence-electron chi connectivity index (χ0n) is 10.4. The summed E-state index contributed by atoms with van der Waals surface area (Å²) >= 11 is 0. The van der Waals surface area contributed by atoms with Crippen molar-refractivity contribution in [1.29, 1.82) is 0 Å². The number of hydrogen-bond donors (Lipinski definition) is 1. The second-order valence-electron chi connectivity index (χ2n) is 4.28. The summed E-state index contributed by atoms with van der Waals surface area (Å²) in [5, 5.41) is 13.2. The van der Waals surface area contributed by atoms with Gasteiger partial charge in [0.1, 0.15) is 16.4 Å². The van der Waals surface area contributed by atoms with Crippen molar-refractivity contribution >= 4 is 9.84 Å². The van der Waals surface area contributed by atoms with Crippen LogP contribution < -0.4 is 0 Å². The largest absolute Gasteiger partial charge is 0.389 e. The quantitative estimate of drug-likeness (QED) is 0.926. The minimum absolute atomic E-state index is 0.0199. The molecule has 0 bridgehead atoms. The first kappa shape index (κ1) is 13.7. The van der Waals surface area contributed by atoms with Crippen LogP contribution in [0.2, 0.25) is 0 Å². The van der Waals surface area contributed by atoms with Crippen LogP contribution in [0.4, 0.5) is 4.39 Å². The molecule has 1 N–H and O–H groups in total. The first-order valence-electron chi connectivity index (χ1n) is 5.51. The van der Waals surface area contributed by atoms with E-state index in [1.54, 1.807) is 6.07 Å². The Bertz CT molecular complexity index is 708. The van der Waals surface area contributed by atoms with Crippen LogP contribution in [0.25, 0.3) is 5.69 Å². The van der Waals surface area contributed by atoms with Gasteiger partial charge in [0.05, 0.1) is 12.3 Å². The van der Waals surface area contributed by atoms with E-state index in [-0.39, 0.29) is 10.6 Å². The van der Waals surface area contributed by atoms with Gasteiger partial charge in [-0.3, -0.25) is 0 Å². The summed E-state index contributed by atoms with van der Waals surface area (Å²) < 4.78 is 37.7. The molecule has 2 aromatic rings. The van der Waals surface area contributed by atoms with Gasteiger partial charge in [-0.05, 0) is 24.6 Å². The third-order valence-corrected chi connectivity index (χ3v) is 3.76. The molecule has 5 nitrogen and oxygen atoms in total. The molecule has 1 unspecified atom stereocenters. The van der Waals surface area contributed by atoms with E-state index in [1.807, 2.05) is 0 Å². The van der Waals surface area contributed by atoms with Gasteiger partial charge in [0.25, 0.3) is 0 Å². The maximum absolute atomic E-state index is 13.9. The van der Waals surface area contributed by atoms with E-state index in [4.69, 9.17) is 0 Å². The van der Waals surface area contributed by atoms with Crippen molar-refractivity contribution in [2.75, 3.05) is 6.26 Å². The molecule has 1 atom stereocenters. The lowest BCUT2D eigenvalue weighted by Crippen LogP contribution is -2.01. The van der Waals surface area contributed by atoms with E-state index in [9.17, 15) is 17.9 Å². The monoisotopic (exact) mass is 284 g/mol. The number of halogens is 1. The number of benzene rings is 1. The second-order valence-corrected chi connectivity index (χ2v) is 6.30. The molecule has 0 aliphatic heterocycles. The van der Waals surface area contributed by atoms with Gasteiger partial charge >= 0.3 is 0 Å². The summed E-state index contributed by atoms with van der Waals surface area (Å²) in [5.74, 6) is -0.582. The van der Waals surface area contributed by atoms with Gasteiger partial charge in [-0.15, -0.1) is 0 Å². The van der Waals surface area contributed by atoms with Crippen LogP contribution in [-0.4, -0.2) is 29.6 Å². The van der Waals surface area contributed by atoms with E-state index in [1.165, 1.54) is 25.3 Å². The molecule has 102 valence electrons. The maximum Gasteiger partial charge on any atom is 0.178 e. The van der Waals surface area contributed by atoms with Gasteiger partial charge < -0.3 is 5.11 Å². The van der Waals surface area contributed by atoms with Gasteiger partial charge in [-0.25, -0.2) is 17.5 Å². The number of rotatable bonds is 3. The average molecular weight is 284 g/mol. The Morgan fingerprint density at radius 2 is 2.11 bits per heavy atom. The normalized spacial score (nSPS) is 13.5. The maximum atomic E-state index is 13.9. The van der Waals surface area contributed by atoms with Gasteiger partial charge in [0.2, 0.25) is 0 Å². The second kappa shape index (κ2) is 4.75. The van der Waals surface area contributed by atoms with Crippen LogP contribution in [0, 0.1) is 5.82 Å². The minimum Gasteiger partial charge on any atom is -0.389 e. The molecule has 19 heavy (non-hydrogen) atoms. The molecule has 0 spiro atoms. The molecular weight excluding hydrogens is 271 g/mol. The number of aliphatic hydroxyl groups excluding tert-OH is 1. The Labute approximate surface area is 110 Å². The van der Waals surface area contributed by atoms with E-state index in [0.717, 1.165) is 17.1 Å². The summed E-state index contributed by atoms with van der Waals surface area (Å²) in [6.45, 7) is 1.53. The van der Waals surface area contributed by atoms with Crippen LogP contribution in [0.15, 0.2) is 35.5 Å². The predicted octanol–water partition coefficient (Wildman–Crippen LogP) is 1.47. The Kier molecular flexibility index (Phi) is 3.42. The van der Waals surface area contributed by atoms with Crippen molar-refractivity contribution in [1.82, 2.24) is 9.78 Å². The molecular formula is C12H13FN2O3S. The zero-order valence-corrected chi connectivity index (χ0v) is 11.2. The van der Waals surface area contributed by atoms with Crippen LogP contribution in [-0.2, 0) is 9.84 Å². The molecule has 0 radical (unpaired) electrons. The standard InChI is InChI=1S/C12H13FN2O3S/c1-8(16)9-3-4-12(11(13)5-9)15-7-10(6-14-15)19(2,17)18/h3-8,16H,1-2H3. The highest BCUT2D eigenvalue weighted by molar-refractivity contribution is 7.90. The van der Waals surface area contributed by atoms with Gasteiger partial charge in [0.15, 0.2) is 9.84 Å². The molecule has 0 saturated carbocycles. The molecule has 1 aromatic carbocycles. The van der Waals surface area contributed by atoms with Crippen molar-refractivity contribution in [3.63, 3.8) is 0 Å². The van der Waals surface area contributed by atoms with E-state index < -0.39 is 21.8 Å². The number of aliphatic hydroxyl groups is 1. The third kappa shape index (κ3) is 2.82. The van der Waals surface area contributed by atoms with Crippen molar-refractivity contribution in [3.05, 3.63) is 42.0 Å². The molecule has 1 heterocycles. The molecule has 2 rings (SSSR count). The summed E-state index contributed by atoms with van der Waals surface area (Å²) in [4.78, 5) is 0.0199. The van der Waals surface area contributed by atoms with E-state index in [0.29, 0.717) is 5.56 Å². The Morgan fingerprint density at radius 3 is 2.58 bits per heavy atom. The molecule has 0 saturated heterocycles. The predicted molar refractivity (Wildman–Crippen MR) is 67.3 cm³/mol. The van der Waals surface area contributed by atoms with E-state index >= 15 is 0 Å².